The van der Waals surface area contributed by atoms with E-state index in [1.165, 1.54) is 0 Å². The lowest BCUT2D eigenvalue weighted by Gasteiger charge is -1.97. The molecule has 52 valence electrons. The first kappa shape index (κ1) is 7.17. The molecule has 1 heterocycles. The molecular weight excluding hydrogens is 144 g/mol. The third kappa shape index (κ3) is 1.52. The molecule has 1 aromatic heterocycles. The minimum atomic E-state index is 0.359. The van der Waals surface area contributed by atoms with Gasteiger partial charge in [-0.3, -0.25) is 0 Å². The summed E-state index contributed by atoms with van der Waals surface area (Å²) in [6.45, 7) is 2.36. The summed E-state index contributed by atoms with van der Waals surface area (Å²) in [6, 6.07) is 0. The van der Waals surface area contributed by atoms with E-state index < -0.39 is 0 Å². The Bertz CT molecular complexity index is 244. The number of terminal acetylenes is 1. The normalized spacial score (nSPS) is 8.80. The zero-order chi connectivity index (χ0) is 7.40. The van der Waals surface area contributed by atoms with Gasteiger partial charge in [0.05, 0.1) is 0 Å². The highest BCUT2D eigenvalue weighted by Gasteiger charge is 1.96. The summed E-state index contributed by atoms with van der Waals surface area (Å²) in [7, 11) is 0. The Balaban J connectivity index is 2.59. The molecular formula is C8H8OS. The largest absolute Gasteiger partial charge is 0.480 e. The van der Waals surface area contributed by atoms with Crippen LogP contribution in [0.2, 0.25) is 0 Å². The third-order valence-corrected chi connectivity index (χ3v) is 1.96. The molecule has 0 spiro atoms. The molecule has 0 aliphatic carbocycles. The summed E-state index contributed by atoms with van der Waals surface area (Å²) >= 11 is 1.62. The van der Waals surface area contributed by atoms with Crippen LogP contribution >= 0.6 is 11.3 Å². The highest BCUT2D eigenvalue weighted by atomic mass is 32.1. The Kier molecular flexibility index (Phi) is 2.35. The Hall–Kier alpha value is -0.940. The van der Waals surface area contributed by atoms with Crippen molar-refractivity contribution in [2.24, 2.45) is 0 Å². The molecule has 1 rings (SSSR count). The topological polar surface area (TPSA) is 9.23 Å². The summed E-state index contributed by atoms with van der Waals surface area (Å²) in [5, 5.41) is 3.98. The molecule has 0 unspecified atom stereocenters. The van der Waals surface area contributed by atoms with Gasteiger partial charge in [-0.05, 0) is 12.3 Å². The van der Waals surface area contributed by atoms with E-state index >= 15 is 0 Å². The summed E-state index contributed by atoms with van der Waals surface area (Å²) in [5.74, 6) is 3.32. The van der Waals surface area contributed by atoms with Gasteiger partial charge >= 0.3 is 0 Å². The minimum Gasteiger partial charge on any atom is -0.480 e. The lowest BCUT2D eigenvalue weighted by atomic mass is 10.4. The van der Waals surface area contributed by atoms with Gasteiger partial charge in [-0.25, -0.2) is 0 Å². The van der Waals surface area contributed by atoms with Crippen molar-refractivity contribution < 1.29 is 4.74 Å². The van der Waals surface area contributed by atoms with Crippen LogP contribution in [0.1, 0.15) is 5.56 Å². The van der Waals surface area contributed by atoms with Gasteiger partial charge in [-0.2, -0.15) is 0 Å². The van der Waals surface area contributed by atoms with Crippen molar-refractivity contribution in [3.8, 4) is 18.1 Å². The maximum Gasteiger partial charge on any atom is 0.148 e. The van der Waals surface area contributed by atoms with Gasteiger partial charge in [0.15, 0.2) is 0 Å². The number of ether oxygens (including phenoxy) is 1. The molecule has 0 bridgehead atoms. The molecule has 0 radical (unpaired) electrons. The molecule has 0 fully saturated rings. The van der Waals surface area contributed by atoms with Gasteiger partial charge in [0.25, 0.3) is 0 Å². The van der Waals surface area contributed by atoms with Crippen LogP contribution in [0.4, 0.5) is 0 Å². The summed E-state index contributed by atoms with van der Waals surface area (Å²) in [4.78, 5) is 0. The Labute approximate surface area is 64.6 Å². The minimum absolute atomic E-state index is 0.359. The van der Waals surface area contributed by atoms with Gasteiger partial charge in [-0.1, -0.05) is 5.92 Å². The van der Waals surface area contributed by atoms with Gasteiger partial charge in [-0.15, -0.1) is 17.8 Å². The van der Waals surface area contributed by atoms with Gasteiger partial charge in [0.1, 0.15) is 12.4 Å². The van der Waals surface area contributed by atoms with E-state index in [-0.39, 0.29) is 0 Å². The van der Waals surface area contributed by atoms with Crippen molar-refractivity contribution >= 4 is 11.3 Å². The highest BCUT2D eigenvalue weighted by molar-refractivity contribution is 7.08. The number of hydrogen-bond acceptors (Lipinski definition) is 2. The van der Waals surface area contributed by atoms with Crippen molar-refractivity contribution in [2.75, 3.05) is 6.61 Å². The van der Waals surface area contributed by atoms with E-state index in [1.54, 1.807) is 11.3 Å². The number of hydrogen-bond donors (Lipinski definition) is 0. The maximum atomic E-state index is 5.20. The fraction of sp³-hybridized carbons (Fsp3) is 0.250. The molecule has 0 atom stereocenters. The van der Waals surface area contributed by atoms with Gasteiger partial charge < -0.3 is 4.74 Å². The first-order valence-corrected chi connectivity index (χ1v) is 3.88. The first-order chi connectivity index (χ1) is 4.84. The van der Waals surface area contributed by atoms with E-state index in [4.69, 9.17) is 11.2 Å². The van der Waals surface area contributed by atoms with Crippen LogP contribution in [-0.4, -0.2) is 6.61 Å². The highest BCUT2D eigenvalue weighted by Crippen LogP contribution is 2.21. The second-order valence-corrected chi connectivity index (χ2v) is 2.66. The van der Waals surface area contributed by atoms with E-state index in [0.29, 0.717) is 6.61 Å². The molecule has 0 amide bonds. The molecule has 0 saturated heterocycles. The Morgan fingerprint density at radius 2 is 2.50 bits per heavy atom. The molecule has 1 aromatic rings. The van der Waals surface area contributed by atoms with E-state index in [9.17, 15) is 0 Å². The number of aryl methyl sites for hydroxylation is 1. The lowest BCUT2D eigenvalue weighted by molar-refractivity contribution is 0.369. The smallest absolute Gasteiger partial charge is 0.148 e. The summed E-state index contributed by atoms with van der Waals surface area (Å²) in [6.07, 6.45) is 5.02. The molecule has 0 aliphatic rings. The van der Waals surface area contributed by atoms with Crippen molar-refractivity contribution in [3.05, 3.63) is 16.3 Å². The van der Waals surface area contributed by atoms with E-state index in [2.05, 4.69) is 5.92 Å². The number of thiophene rings is 1. The van der Waals surface area contributed by atoms with E-state index in [0.717, 1.165) is 11.3 Å². The van der Waals surface area contributed by atoms with Crippen molar-refractivity contribution in [1.29, 1.82) is 0 Å². The van der Waals surface area contributed by atoms with Crippen LogP contribution in [0.5, 0.6) is 5.75 Å². The Morgan fingerprint density at radius 1 is 1.70 bits per heavy atom. The summed E-state index contributed by atoms with van der Waals surface area (Å²) < 4.78 is 5.20. The predicted molar refractivity (Wildman–Crippen MR) is 43.4 cm³/mol. The molecule has 2 heteroatoms. The van der Waals surface area contributed by atoms with Crippen LogP contribution in [0, 0.1) is 19.3 Å². The van der Waals surface area contributed by atoms with Crippen LogP contribution in [-0.2, 0) is 0 Å². The Morgan fingerprint density at radius 3 is 3.00 bits per heavy atom. The van der Waals surface area contributed by atoms with Gasteiger partial charge in [0, 0.05) is 10.9 Å². The van der Waals surface area contributed by atoms with Crippen LogP contribution < -0.4 is 4.74 Å². The van der Waals surface area contributed by atoms with Gasteiger partial charge in [0.2, 0.25) is 0 Å². The van der Waals surface area contributed by atoms with E-state index in [1.807, 2.05) is 17.7 Å². The summed E-state index contributed by atoms with van der Waals surface area (Å²) in [5.41, 5.74) is 1.15. The number of rotatable bonds is 2. The zero-order valence-electron chi connectivity index (χ0n) is 5.76. The second kappa shape index (κ2) is 3.28. The second-order valence-electron chi connectivity index (χ2n) is 1.91. The van der Waals surface area contributed by atoms with Crippen LogP contribution in [0.25, 0.3) is 0 Å². The SMILES string of the molecule is C#CCOc1cscc1C. The molecule has 0 saturated carbocycles. The van der Waals surface area contributed by atoms with Crippen molar-refractivity contribution in [2.45, 2.75) is 6.92 Å². The lowest BCUT2D eigenvalue weighted by Crippen LogP contribution is -1.92. The van der Waals surface area contributed by atoms with Crippen molar-refractivity contribution in [3.63, 3.8) is 0 Å². The molecule has 0 aromatic carbocycles. The molecule has 10 heavy (non-hydrogen) atoms. The molecule has 0 N–H and O–H groups in total. The van der Waals surface area contributed by atoms with Crippen LogP contribution in [0.3, 0.4) is 0 Å². The fourth-order valence-electron chi connectivity index (χ4n) is 0.616. The first-order valence-electron chi connectivity index (χ1n) is 2.93. The van der Waals surface area contributed by atoms with Crippen LogP contribution in [0.15, 0.2) is 10.8 Å². The van der Waals surface area contributed by atoms with Crippen molar-refractivity contribution in [1.82, 2.24) is 0 Å². The maximum absolute atomic E-state index is 5.20. The zero-order valence-corrected chi connectivity index (χ0v) is 6.57. The predicted octanol–water partition coefficient (Wildman–Crippen LogP) is 2.07. The average Bonchev–Trinajstić information content (AvgIpc) is 2.31. The fourth-order valence-corrected chi connectivity index (χ4v) is 1.38. The third-order valence-electron chi connectivity index (χ3n) is 1.12. The monoisotopic (exact) mass is 152 g/mol. The quantitative estimate of drug-likeness (QED) is 0.589. The molecule has 1 nitrogen and oxygen atoms in total. The molecule has 0 aliphatic heterocycles. The standard InChI is InChI=1S/C8H8OS/c1-3-4-9-8-6-10-5-7(8)2/h1,5-6H,4H2,2H3. The average molecular weight is 152 g/mol.